The summed E-state index contributed by atoms with van der Waals surface area (Å²) < 4.78 is 11.8. The second-order valence-corrected chi connectivity index (χ2v) is 7.80. The number of methoxy groups -OCH3 is 1. The lowest BCUT2D eigenvalue weighted by Gasteiger charge is -2.45. The maximum Gasteiger partial charge on any atom is 0.192 e. The van der Waals surface area contributed by atoms with Gasteiger partial charge in [0.15, 0.2) is 17.2 Å². The van der Waals surface area contributed by atoms with E-state index in [2.05, 4.69) is 22.9 Å². The Morgan fingerprint density at radius 3 is 2.56 bits per heavy atom. The summed E-state index contributed by atoms with van der Waals surface area (Å²) in [6.07, 6.45) is 5.70. The Kier molecular flexibility index (Phi) is 3.86. The third-order valence-electron chi connectivity index (χ3n) is 6.47. The van der Waals surface area contributed by atoms with Crippen LogP contribution in [-0.4, -0.2) is 43.5 Å². The van der Waals surface area contributed by atoms with Crippen LogP contribution in [0, 0.1) is 0 Å². The molecule has 0 spiro atoms. The molecule has 3 aliphatic rings. The highest BCUT2D eigenvalue weighted by atomic mass is 16.5. The average Bonchev–Trinajstić information content (AvgIpc) is 2.91. The number of carbonyl (C=O) groups excluding carboxylic acids is 1. The Morgan fingerprint density at radius 2 is 1.85 bits per heavy atom. The van der Waals surface area contributed by atoms with Crippen LogP contribution in [0.25, 0.3) is 0 Å². The highest BCUT2D eigenvalue weighted by Gasteiger charge is 2.43. The zero-order valence-corrected chi connectivity index (χ0v) is 15.7. The van der Waals surface area contributed by atoms with E-state index in [4.69, 9.17) is 9.47 Å². The fraction of sp³-hybridized carbons (Fsp3) is 0.409. The summed E-state index contributed by atoms with van der Waals surface area (Å²) in [4.78, 5) is 16.3. The molecule has 3 aliphatic heterocycles. The van der Waals surface area contributed by atoms with Crippen molar-refractivity contribution in [1.82, 2.24) is 4.90 Å². The molecule has 5 nitrogen and oxygen atoms in total. The Labute approximate surface area is 159 Å². The van der Waals surface area contributed by atoms with Crippen LogP contribution in [0.1, 0.15) is 36.0 Å². The first-order valence-electron chi connectivity index (χ1n) is 9.65. The lowest BCUT2D eigenvalue weighted by atomic mass is 9.94. The Balaban J connectivity index is 1.63. The molecule has 2 fully saturated rings. The van der Waals surface area contributed by atoms with Crippen molar-refractivity contribution < 1.29 is 14.3 Å². The number of para-hydroxylation sites is 1. The number of piperidine rings is 1. The number of ether oxygens (including phenoxy) is 2. The van der Waals surface area contributed by atoms with Crippen molar-refractivity contribution in [2.75, 3.05) is 19.1 Å². The molecule has 2 unspecified atom stereocenters. The lowest BCUT2D eigenvalue weighted by molar-refractivity contribution is 0.112. The van der Waals surface area contributed by atoms with E-state index >= 15 is 0 Å². The van der Waals surface area contributed by atoms with Crippen LogP contribution >= 0.6 is 0 Å². The molecule has 0 N–H and O–H groups in total. The standard InChI is InChI=1S/C22H24N2O3/c1-23-15-7-8-16(23)12-17(11-15)24-18-9-6-14(13-25)10-21(18)27-22-19(24)4-3-5-20(22)26-2/h3-6,9-10,13,15-17H,7-8,11-12H2,1-2H3. The number of nitrogens with zero attached hydrogens (tertiary/aromatic N) is 2. The first-order chi connectivity index (χ1) is 13.2. The molecule has 2 saturated heterocycles. The Morgan fingerprint density at radius 1 is 1.07 bits per heavy atom. The summed E-state index contributed by atoms with van der Waals surface area (Å²) in [6.45, 7) is 0. The van der Waals surface area contributed by atoms with E-state index < -0.39 is 0 Å². The van der Waals surface area contributed by atoms with E-state index in [0.29, 0.717) is 23.7 Å². The van der Waals surface area contributed by atoms with E-state index in [1.807, 2.05) is 30.3 Å². The second-order valence-electron chi connectivity index (χ2n) is 7.80. The lowest BCUT2D eigenvalue weighted by Crippen LogP contribution is -2.48. The molecule has 0 aromatic heterocycles. The molecule has 140 valence electrons. The smallest absolute Gasteiger partial charge is 0.192 e. The van der Waals surface area contributed by atoms with Gasteiger partial charge in [0.1, 0.15) is 6.29 Å². The molecule has 0 aliphatic carbocycles. The Bertz CT molecular complexity index is 883. The maximum atomic E-state index is 11.3. The third-order valence-corrected chi connectivity index (χ3v) is 6.47. The van der Waals surface area contributed by atoms with Crippen LogP contribution in [-0.2, 0) is 0 Å². The van der Waals surface area contributed by atoms with Crippen LogP contribution in [0.2, 0.25) is 0 Å². The zero-order valence-electron chi connectivity index (χ0n) is 15.7. The first-order valence-corrected chi connectivity index (χ1v) is 9.65. The molecule has 2 aromatic carbocycles. The molecule has 2 aromatic rings. The van der Waals surface area contributed by atoms with Crippen LogP contribution < -0.4 is 14.4 Å². The van der Waals surface area contributed by atoms with Gasteiger partial charge < -0.3 is 19.3 Å². The number of anilines is 2. The van der Waals surface area contributed by atoms with Gasteiger partial charge in [0.2, 0.25) is 0 Å². The van der Waals surface area contributed by atoms with Gasteiger partial charge in [-0.25, -0.2) is 0 Å². The normalized spacial score (nSPS) is 26.1. The minimum Gasteiger partial charge on any atom is -0.493 e. The molecule has 5 heteroatoms. The van der Waals surface area contributed by atoms with Gasteiger partial charge in [0, 0.05) is 23.7 Å². The van der Waals surface area contributed by atoms with Gasteiger partial charge in [-0.1, -0.05) is 6.07 Å². The van der Waals surface area contributed by atoms with Crippen molar-refractivity contribution >= 4 is 17.7 Å². The van der Waals surface area contributed by atoms with E-state index in [-0.39, 0.29) is 0 Å². The predicted octanol–water partition coefficient (Wildman–Crippen LogP) is 4.38. The van der Waals surface area contributed by atoms with E-state index in [9.17, 15) is 4.79 Å². The van der Waals surface area contributed by atoms with E-state index in [1.165, 1.54) is 12.8 Å². The molecule has 0 saturated carbocycles. The number of carbonyl (C=O) groups is 1. The van der Waals surface area contributed by atoms with Gasteiger partial charge in [0.25, 0.3) is 0 Å². The summed E-state index contributed by atoms with van der Waals surface area (Å²) in [5, 5.41) is 0. The molecule has 2 atom stereocenters. The molecular weight excluding hydrogens is 340 g/mol. The maximum absolute atomic E-state index is 11.3. The summed E-state index contributed by atoms with van der Waals surface area (Å²) in [7, 11) is 3.93. The van der Waals surface area contributed by atoms with Crippen molar-refractivity contribution in [3.05, 3.63) is 42.0 Å². The van der Waals surface area contributed by atoms with Crippen molar-refractivity contribution in [1.29, 1.82) is 0 Å². The molecular formula is C22H24N2O3. The number of hydrogen-bond acceptors (Lipinski definition) is 5. The highest BCUT2D eigenvalue weighted by Crippen LogP contribution is 2.53. The quantitative estimate of drug-likeness (QED) is 0.756. The fourth-order valence-electron chi connectivity index (χ4n) is 5.07. The van der Waals surface area contributed by atoms with Gasteiger partial charge in [-0.2, -0.15) is 0 Å². The van der Waals surface area contributed by atoms with Crippen LogP contribution in [0.3, 0.4) is 0 Å². The van der Waals surface area contributed by atoms with Crippen LogP contribution in [0.15, 0.2) is 36.4 Å². The molecule has 27 heavy (non-hydrogen) atoms. The molecule has 3 heterocycles. The minimum atomic E-state index is 0.411. The molecule has 5 rings (SSSR count). The predicted molar refractivity (Wildman–Crippen MR) is 105 cm³/mol. The number of aldehydes is 1. The second kappa shape index (κ2) is 6.27. The van der Waals surface area contributed by atoms with E-state index in [0.717, 1.165) is 47.8 Å². The number of rotatable bonds is 3. The average molecular weight is 364 g/mol. The van der Waals surface area contributed by atoms with Gasteiger partial charge in [-0.3, -0.25) is 4.79 Å². The summed E-state index contributed by atoms with van der Waals surface area (Å²) >= 11 is 0. The SMILES string of the molecule is COc1cccc2c1Oc1cc(C=O)ccc1N2C1CC2CCC(C1)N2C. The summed E-state index contributed by atoms with van der Waals surface area (Å²) in [5.74, 6) is 2.18. The fourth-order valence-corrected chi connectivity index (χ4v) is 5.07. The minimum absolute atomic E-state index is 0.411. The first kappa shape index (κ1) is 16.6. The zero-order chi connectivity index (χ0) is 18.5. The van der Waals surface area contributed by atoms with Crippen molar-refractivity contribution in [2.24, 2.45) is 0 Å². The van der Waals surface area contributed by atoms with Gasteiger partial charge in [0.05, 0.1) is 18.5 Å². The highest BCUT2D eigenvalue weighted by molar-refractivity contribution is 5.84. The molecule has 0 amide bonds. The van der Waals surface area contributed by atoms with Gasteiger partial charge in [-0.05, 0) is 63.1 Å². The van der Waals surface area contributed by atoms with Crippen LogP contribution in [0.5, 0.6) is 17.2 Å². The number of hydrogen-bond donors (Lipinski definition) is 0. The van der Waals surface area contributed by atoms with Gasteiger partial charge >= 0.3 is 0 Å². The molecule has 2 bridgehead atoms. The summed E-state index contributed by atoms with van der Waals surface area (Å²) in [5.41, 5.74) is 2.71. The monoisotopic (exact) mass is 364 g/mol. The van der Waals surface area contributed by atoms with Gasteiger partial charge in [-0.15, -0.1) is 0 Å². The van der Waals surface area contributed by atoms with Crippen LogP contribution in [0.4, 0.5) is 11.4 Å². The van der Waals surface area contributed by atoms with Crippen molar-refractivity contribution in [2.45, 2.75) is 43.8 Å². The number of fused-ring (bicyclic) bond motifs is 4. The Hall–Kier alpha value is -2.53. The van der Waals surface area contributed by atoms with E-state index in [1.54, 1.807) is 7.11 Å². The third kappa shape index (κ3) is 2.52. The van der Waals surface area contributed by atoms with Crippen molar-refractivity contribution in [3.63, 3.8) is 0 Å². The van der Waals surface area contributed by atoms with Crippen molar-refractivity contribution in [3.8, 4) is 17.2 Å². The topological polar surface area (TPSA) is 42.0 Å². The summed E-state index contributed by atoms with van der Waals surface area (Å²) in [6, 6.07) is 13.5. The number of benzene rings is 2. The molecule has 0 radical (unpaired) electrons. The largest absolute Gasteiger partial charge is 0.493 e.